The van der Waals surface area contributed by atoms with Crippen molar-refractivity contribution in [1.82, 2.24) is 0 Å². The summed E-state index contributed by atoms with van der Waals surface area (Å²) in [6.07, 6.45) is 10.3. The molecule has 112 valence electrons. The van der Waals surface area contributed by atoms with Gasteiger partial charge in [0.05, 0.1) is 12.5 Å². The van der Waals surface area contributed by atoms with Crippen LogP contribution >= 0.6 is 0 Å². The summed E-state index contributed by atoms with van der Waals surface area (Å²) in [6.45, 7) is 6.91. The molecule has 21 heavy (non-hydrogen) atoms. The molecule has 3 aliphatic carbocycles. The Kier molecular flexibility index (Phi) is 2.62. The van der Waals surface area contributed by atoms with Gasteiger partial charge in [0.2, 0.25) is 0 Å². The van der Waals surface area contributed by atoms with E-state index in [4.69, 9.17) is 4.42 Å². The van der Waals surface area contributed by atoms with Gasteiger partial charge in [0.1, 0.15) is 0 Å². The molecular formula is C19H24O2. The Morgan fingerprint density at radius 1 is 1.10 bits per heavy atom. The fraction of sp³-hybridized carbons (Fsp3) is 0.632. The van der Waals surface area contributed by atoms with Crippen molar-refractivity contribution in [3.05, 3.63) is 34.8 Å². The van der Waals surface area contributed by atoms with E-state index in [1.54, 1.807) is 0 Å². The number of aryl methyl sites for hydroxylation is 1. The highest BCUT2D eigenvalue weighted by atomic mass is 16.3. The Balaban J connectivity index is 1.86. The molecule has 0 bridgehead atoms. The van der Waals surface area contributed by atoms with Gasteiger partial charge >= 0.3 is 0 Å². The average Bonchev–Trinajstić information content (AvgIpc) is 2.93. The molecule has 0 radical (unpaired) electrons. The highest BCUT2D eigenvalue weighted by molar-refractivity contribution is 5.96. The van der Waals surface area contributed by atoms with Crippen LogP contribution in [0.2, 0.25) is 0 Å². The van der Waals surface area contributed by atoms with Crippen molar-refractivity contribution in [3.63, 3.8) is 0 Å². The Morgan fingerprint density at radius 3 is 2.67 bits per heavy atom. The first-order valence-electron chi connectivity index (χ1n) is 8.26. The minimum Gasteiger partial charge on any atom is -0.472 e. The second-order valence-corrected chi connectivity index (χ2v) is 7.76. The summed E-state index contributed by atoms with van der Waals surface area (Å²) in [6, 6.07) is 0. The van der Waals surface area contributed by atoms with Crippen LogP contribution in [0.4, 0.5) is 0 Å². The molecule has 0 saturated heterocycles. The van der Waals surface area contributed by atoms with Crippen molar-refractivity contribution in [2.45, 2.75) is 64.7 Å². The first-order chi connectivity index (χ1) is 9.97. The van der Waals surface area contributed by atoms with E-state index in [1.807, 2.05) is 12.5 Å². The summed E-state index contributed by atoms with van der Waals surface area (Å²) in [4.78, 5) is 12.1. The molecule has 2 nitrogen and oxygen atoms in total. The lowest BCUT2D eigenvalue weighted by atomic mass is 9.46. The lowest BCUT2D eigenvalue weighted by Gasteiger charge is -2.57. The smallest absolute Gasteiger partial charge is 0.158 e. The van der Waals surface area contributed by atoms with E-state index in [0.717, 1.165) is 37.7 Å². The summed E-state index contributed by atoms with van der Waals surface area (Å²) in [5, 5.41) is 0. The largest absolute Gasteiger partial charge is 0.472 e. The number of hydrogen-bond donors (Lipinski definition) is 0. The van der Waals surface area contributed by atoms with Crippen molar-refractivity contribution in [2.24, 2.45) is 11.3 Å². The van der Waals surface area contributed by atoms with Crippen LogP contribution in [0.15, 0.2) is 28.1 Å². The van der Waals surface area contributed by atoms with Gasteiger partial charge in [0.25, 0.3) is 0 Å². The van der Waals surface area contributed by atoms with Crippen LogP contribution in [0.5, 0.6) is 0 Å². The van der Waals surface area contributed by atoms with Crippen molar-refractivity contribution in [2.75, 3.05) is 0 Å². The third-order valence-corrected chi connectivity index (χ3v) is 6.92. The monoisotopic (exact) mass is 284 g/mol. The Bertz CT molecular complexity index is 650. The molecule has 3 aliphatic rings. The first kappa shape index (κ1) is 13.4. The van der Waals surface area contributed by atoms with Crippen LogP contribution in [0.3, 0.4) is 0 Å². The second kappa shape index (κ2) is 4.12. The van der Waals surface area contributed by atoms with Gasteiger partial charge in [-0.25, -0.2) is 0 Å². The van der Waals surface area contributed by atoms with Crippen molar-refractivity contribution in [3.8, 4) is 0 Å². The SMILES string of the molecule is CC1=C2CC[C@@]3(C)c4cocc4CC[C@@H]3[C@@]2(C)CCC1=O. The lowest BCUT2D eigenvalue weighted by Crippen LogP contribution is -2.51. The van der Waals surface area contributed by atoms with E-state index < -0.39 is 0 Å². The molecule has 0 amide bonds. The van der Waals surface area contributed by atoms with E-state index in [0.29, 0.717) is 11.7 Å². The van der Waals surface area contributed by atoms with E-state index in [-0.39, 0.29) is 10.8 Å². The molecular weight excluding hydrogens is 260 g/mol. The van der Waals surface area contributed by atoms with Crippen LogP contribution in [0, 0.1) is 11.3 Å². The van der Waals surface area contributed by atoms with Gasteiger partial charge in [0.15, 0.2) is 5.78 Å². The predicted molar refractivity (Wildman–Crippen MR) is 82.2 cm³/mol. The zero-order valence-electron chi connectivity index (χ0n) is 13.3. The molecule has 3 atom stereocenters. The van der Waals surface area contributed by atoms with E-state index >= 15 is 0 Å². The van der Waals surface area contributed by atoms with Gasteiger partial charge in [-0.1, -0.05) is 19.4 Å². The van der Waals surface area contributed by atoms with Crippen LogP contribution in [-0.2, 0) is 16.6 Å². The molecule has 1 aromatic heterocycles. The number of carbonyl (C=O) groups excluding carboxylic acids is 1. The lowest BCUT2D eigenvalue weighted by molar-refractivity contribution is -0.117. The molecule has 1 heterocycles. The maximum Gasteiger partial charge on any atom is 0.158 e. The molecule has 1 fully saturated rings. The summed E-state index contributed by atoms with van der Waals surface area (Å²) in [5.74, 6) is 1.02. The number of hydrogen-bond acceptors (Lipinski definition) is 2. The molecule has 0 aliphatic heterocycles. The molecule has 0 N–H and O–H groups in total. The summed E-state index contributed by atoms with van der Waals surface area (Å²) in [5.41, 5.74) is 5.82. The maximum absolute atomic E-state index is 12.1. The normalized spacial score (nSPS) is 38.8. The topological polar surface area (TPSA) is 30.2 Å². The molecule has 4 rings (SSSR count). The number of allylic oxidation sites excluding steroid dienone is 2. The van der Waals surface area contributed by atoms with E-state index in [2.05, 4.69) is 20.8 Å². The minimum absolute atomic E-state index is 0.208. The molecule has 0 aromatic carbocycles. The summed E-state index contributed by atoms with van der Waals surface area (Å²) < 4.78 is 5.52. The first-order valence-corrected chi connectivity index (χ1v) is 8.26. The number of carbonyl (C=O) groups is 1. The third kappa shape index (κ3) is 1.56. The number of fused-ring (bicyclic) bond motifs is 5. The summed E-state index contributed by atoms with van der Waals surface area (Å²) >= 11 is 0. The zero-order chi connectivity index (χ0) is 14.8. The van der Waals surface area contributed by atoms with Gasteiger partial charge < -0.3 is 4.42 Å². The predicted octanol–water partition coefficient (Wildman–Crippen LogP) is 4.58. The highest BCUT2D eigenvalue weighted by Crippen LogP contribution is 2.62. The van der Waals surface area contributed by atoms with Crippen molar-refractivity contribution in [1.29, 1.82) is 0 Å². The van der Waals surface area contributed by atoms with Gasteiger partial charge in [-0.3, -0.25) is 4.79 Å². The van der Waals surface area contributed by atoms with Crippen LogP contribution in [0.25, 0.3) is 0 Å². The molecule has 1 aromatic rings. The zero-order valence-corrected chi connectivity index (χ0v) is 13.3. The van der Waals surface area contributed by atoms with Gasteiger partial charge in [-0.2, -0.15) is 0 Å². The van der Waals surface area contributed by atoms with Crippen LogP contribution in [0.1, 0.15) is 64.0 Å². The molecule has 1 saturated carbocycles. The van der Waals surface area contributed by atoms with Crippen molar-refractivity contribution < 1.29 is 9.21 Å². The molecule has 2 heteroatoms. The highest BCUT2D eigenvalue weighted by Gasteiger charge is 2.55. The number of furan rings is 1. The standard InChI is InChI=1S/C19H24O2/c1-12-14-6-8-19(3)15-11-21-10-13(15)4-5-17(19)18(14,2)9-7-16(12)20/h10-11,17H,4-9H2,1-3H3/t17-,18+,19+/m1/s1. The van der Waals surface area contributed by atoms with Crippen LogP contribution < -0.4 is 0 Å². The fourth-order valence-electron chi connectivity index (χ4n) is 5.71. The maximum atomic E-state index is 12.1. The second-order valence-electron chi connectivity index (χ2n) is 7.76. The quantitative estimate of drug-likeness (QED) is 0.698. The average molecular weight is 284 g/mol. The van der Waals surface area contributed by atoms with Gasteiger partial charge in [-0.15, -0.1) is 0 Å². The van der Waals surface area contributed by atoms with E-state index in [1.165, 1.54) is 23.1 Å². The fourth-order valence-corrected chi connectivity index (χ4v) is 5.71. The Hall–Kier alpha value is -1.31. The van der Waals surface area contributed by atoms with Crippen molar-refractivity contribution >= 4 is 5.78 Å². The Labute approximate surface area is 126 Å². The third-order valence-electron chi connectivity index (χ3n) is 6.92. The Morgan fingerprint density at radius 2 is 1.86 bits per heavy atom. The van der Waals surface area contributed by atoms with Gasteiger partial charge in [-0.05, 0) is 72.5 Å². The molecule has 0 unspecified atom stereocenters. The minimum atomic E-state index is 0.208. The number of Topliss-reactive ketones (excluding diaryl/α,β-unsaturated/α-hetero) is 1. The summed E-state index contributed by atoms with van der Waals surface area (Å²) in [7, 11) is 0. The van der Waals surface area contributed by atoms with E-state index in [9.17, 15) is 4.79 Å². The van der Waals surface area contributed by atoms with Gasteiger partial charge in [0, 0.05) is 6.42 Å². The van der Waals surface area contributed by atoms with Crippen LogP contribution in [-0.4, -0.2) is 5.78 Å². The number of ketones is 1. The number of rotatable bonds is 0. The molecule has 0 spiro atoms.